The predicted octanol–water partition coefficient (Wildman–Crippen LogP) is 4.25. The van der Waals surface area contributed by atoms with Crippen LogP contribution in [0.3, 0.4) is 0 Å². The van der Waals surface area contributed by atoms with Crippen LogP contribution in [0.15, 0.2) is 45.9 Å². The standard InChI is InChI=1S/C11H7Br2ClN2.HNO3/c12-8-1-2-9(10(13)5-8)11(14)6-16-4-3-15-7-16;2-1(3)4/h1-7H;(H,2,3,4). The van der Waals surface area contributed by atoms with Gasteiger partial charge < -0.3 is 9.77 Å². The van der Waals surface area contributed by atoms with Gasteiger partial charge in [-0.2, -0.15) is 0 Å². The first kappa shape index (κ1) is 16.7. The van der Waals surface area contributed by atoms with Crippen molar-refractivity contribution in [2.75, 3.05) is 0 Å². The van der Waals surface area contributed by atoms with Gasteiger partial charge in [-0.25, -0.2) is 4.98 Å². The van der Waals surface area contributed by atoms with E-state index in [1.165, 1.54) is 0 Å². The van der Waals surface area contributed by atoms with E-state index < -0.39 is 5.09 Å². The Morgan fingerprint density at radius 2 is 2.15 bits per heavy atom. The first-order valence-corrected chi connectivity index (χ1v) is 7.00. The molecule has 0 saturated heterocycles. The lowest BCUT2D eigenvalue weighted by Gasteiger charge is -2.03. The lowest BCUT2D eigenvalue weighted by Crippen LogP contribution is -1.84. The Balaban J connectivity index is 0.000000444. The lowest BCUT2D eigenvalue weighted by atomic mass is 10.2. The SMILES string of the molecule is ClC(=Cn1ccnc1)c1ccc(Br)cc1Br.O=[N+]([O-])O. The second-order valence-electron chi connectivity index (χ2n) is 3.35. The molecule has 20 heavy (non-hydrogen) atoms. The molecule has 0 aliphatic carbocycles. The number of imidazole rings is 1. The van der Waals surface area contributed by atoms with E-state index in [1.807, 2.05) is 30.6 Å². The van der Waals surface area contributed by atoms with Crippen molar-refractivity contribution >= 4 is 54.7 Å². The Morgan fingerprint density at radius 3 is 2.65 bits per heavy atom. The summed E-state index contributed by atoms with van der Waals surface area (Å²) in [4.78, 5) is 12.3. The predicted molar refractivity (Wildman–Crippen MR) is 82.9 cm³/mol. The Hall–Kier alpha value is -1.38. The van der Waals surface area contributed by atoms with Gasteiger partial charge in [-0.3, -0.25) is 0 Å². The van der Waals surface area contributed by atoms with Crippen molar-refractivity contribution in [3.05, 3.63) is 61.5 Å². The Bertz CT molecular complexity index is 613. The van der Waals surface area contributed by atoms with Crippen molar-refractivity contribution in [1.82, 2.24) is 9.55 Å². The third kappa shape index (κ3) is 5.72. The topological polar surface area (TPSA) is 81.2 Å². The van der Waals surface area contributed by atoms with Crippen molar-refractivity contribution in [3.63, 3.8) is 0 Å². The summed E-state index contributed by atoms with van der Waals surface area (Å²) in [6, 6.07) is 5.85. The number of hydrogen-bond acceptors (Lipinski definition) is 3. The monoisotopic (exact) mass is 423 g/mol. The van der Waals surface area contributed by atoms with Gasteiger partial charge in [0.2, 0.25) is 0 Å². The largest absolute Gasteiger partial charge is 0.328 e. The molecular formula is C11H8Br2ClN3O3. The van der Waals surface area contributed by atoms with Crippen molar-refractivity contribution in [2.24, 2.45) is 0 Å². The fourth-order valence-electron chi connectivity index (χ4n) is 1.23. The van der Waals surface area contributed by atoms with Crippen LogP contribution in [0.5, 0.6) is 0 Å². The van der Waals surface area contributed by atoms with Crippen LogP contribution in [0.1, 0.15) is 5.56 Å². The summed E-state index contributed by atoms with van der Waals surface area (Å²) in [6.45, 7) is 0. The average Bonchev–Trinajstić information content (AvgIpc) is 2.80. The molecule has 0 radical (unpaired) electrons. The third-order valence-corrected chi connectivity index (χ3v) is 3.43. The molecule has 106 valence electrons. The molecule has 0 aliphatic heterocycles. The van der Waals surface area contributed by atoms with Crippen molar-refractivity contribution in [3.8, 4) is 0 Å². The smallest absolute Gasteiger partial charge is 0.291 e. The van der Waals surface area contributed by atoms with E-state index in [9.17, 15) is 0 Å². The maximum atomic E-state index is 8.36. The molecule has 0 unspecified atom stereocenters. The molecule has 0 saturated carbocycles. The quantitative estimate of drug-likeness (QED) is 0.576. The van der Waals surface area contributed by atoms with Gasteiger partial charge >= 0.3 is 0 Å². The second-order valence-corrected chi connectivity index (χ2v) is 5.53. The maximum absolute atomic E-state index is 8.36. The van der Waals surface area contributed by atoms with Gasteiger partial charge in [0.15, 0.2) is 0 Å². The minimum absolute atomic E-state index is 0.650. The molecule has 0 aliphatic rings. The Labute approximate surface area is 136 Å². The molecule has 0 spiro atoms. The van der Waals surface area contributed by atoms with Crippen molar-refractivity contribution in [1.29, 1.82) is 0 Å². The summed E-state index contributed by atoms with van der Waals surface area (Å²) in [5, 5.41) is 14.3. The fraction of sp³-hybridized carbons (Fsp3) is 0. The Morgan fingerprint density at radius 1 is 1.50 bits per heavy atom. The van der Waals surface area contributed by atoms with Crippen LogP contribution in [-0.2, 0) is 0 Å². The van der Waals surface area contributed by atoms with Crippen molar-refractivity contribution < 1.29 is 10.3 Å². The highest BCUT2D eigenvalue weighted by Crippen LogP contribution is 2.30. The maximum Gasteiger partial charge on any atom is 0.291 e. The minimum atomic E-state index is -1.50. The lowest BCUT2D eigenvalue weighted by molar-refractivity contribution is -0.742. The van der Waals surface area contributed by atoms with E-state index in [2.05, 4.69) is 36.8 Å². The molecule has 1 N–H and O–H groups in total. The van der Waals surface area contributed by atoms with Gasteiger partial charge in [-0.15, -0.1) is 10.1 Å². The van der Waals surface area contributed by atoms with Gasteiger partial charge in [0, 0.05) is 33.1 Å². The molecule has 1 aromatic heterocycles. The van der Waals surface area contributed by atoms with Crippen LogP contribution in [0, 0.1) is 10.1 Å². The number of aromatic nitrogens is 2. The van der Waals surface area contributed by atoms with Crippen LogP contribution in [0.2, 0.25) is 0 Å². The molecule has 1 heterocycles. The van der Waals surface area contributed by atoms with Crippen LogP contribution in [-0.4, -0.2) is 19.8 Å². The van der Waals surface area contributed by atoms with E-state index in [1.54, 1.807) is 17.1 Å². The molecule has 6 nitrogen and oxygen atoms in total. The van der Waals surface area contributed by atoms with Crippen LogP contribution in [0.4, 0.5) is 0 Å². The molecule has 2 rings (SSSR count). The zero-order chi connectivity index (χ0) is 15.1. The van der Waals surface area contributed by atoms with Gasteiger partial charge in [0.05, 0.1) is 11.4 Å². The summed E-state index contributed by atoms with van der Waals surface area (Å²) >= 11 is 13.1. The molecule has 2 aromatic rings. The fourth-order valence-corrected chi connectivity index (χ4v) is 2.88. The normalized spacial score (nSPS) is 10.7. The molecule has 9 heteroatoms. The summed E-state index contributed by atoms with van der Waals surface area (Å²) in [5.74, 6) is 0. The number of rotatable bonds is 2. The molecule has 0 fully saturated rings. The first-order valence-electron chi connectivity index (χ1n) is 5.03. The summed E-state index contributed by atoms with van der Waals surface area (Å²) < 4.78 is 3.76. The molecular weight excluding hydrogens is 417 g/mol. The van der Waals surface area contributed by atoms with Crippen molar-refractivity contribution in [2.45, 2.75) is 0 Å². The molecule has 0 bridgehead atoms. The van der Waals surface area contributed by atoms with Crippen LogP contribution >= 0.6 is 43.5 Å². The average molecular weight is 425 g/mol. The molecule has 0 atom stereocenters. The number of nitrogens with zero attached hydrogens (tertiary/aromatic N) is 3. The van der Waals surface area contributed by atoms with Gasteiger partial charge in [0.1, 0.15) is 0 Å². The summed E-state index contributed by atoms with van der Waals surface area (Å²) in [7, 11) is 0. The summed E-state index contributed by atoms with van der Waals surface area (Å²) in [6.07, 6.45) is 7.03. The minimum Gasteiger partial charge on any atom is -0.328 e. The number of hydrogen-bond donors (Lipinski definition) is 1. The van der Waals surface area contributed by atoms with E-state index in [4.69, 9.17) is 26.9 Å². The van der Waals surface area contributed by atoms with Crippen LogP contribution < -0.4 is 0 Å². The number of benzene rings is 1. The number of halogens is 3. The van der Waals surface area contributed by atoms with Gasteiger partial charge in [-0.1, -0.05) is 49.5 Å². The van der Waals surface area contributed by atoms with Gasteiger partial charge in [0.25, 0.3) is 5.09 Å². The third-order valence-electron chi connectivity index (χ3n) is 1.98. The first-order chi connectivity index (χ1) is 9.40. The summed E-state index contributed by atoms with van der Waals surface area (Å²) in [5.41, 5.74) is 0.943. The highest BCUT2D eigenvalue weighted by Gasteiger charge is 2.04. The van der Waals surface area contributed by atoms with E-state index in [0.717, 1.165) is 14.5 Å². The Kier molecular flexibility index (Phi) is 6.69. The highest BCUT2D eigenvalue weighted by atomic mass is 79.9. The zero-order valence-electron chi connectivity index (χ0n) is 9.78. The van der Waals surface area contributed by atoms with E-state index >= 15 is 0 Å². The molecule has 0 amide bonds. The van der Waals surface area contributed by atoms with Crippen LogP contribution in [0.25, 0.3) is 11.2 Å². The molecule has 1 aromatic carbocycles. The zero-order valence-corrected chi connectivity index (χ0v) is 13.7. The highest BCUT2D eigenvalue weighted by molar-refractivity contribution is 9.11. The van der Waals surface area contributed by atoms with E-state index in [-0.39, 0.29) is 0 Å². The van der Waals surface area contributed by atoms with E-state index in [0.29, 0.717) is 5.03 Å². The second kappa shape index (κ2) is 8.03. The van der Waals surface area contributed by atoms with Gasteiger partial charge in [-0.05, 0) is 12.1 Å².